The molecule has 0 amide bonds. The van der Waals surface area contributed by atoms with E-state index in [4.69, 9.17) is 4.74 Å². The molecular weight excluding hydrogens is 414 g/mol. The van der Waals surface area contributed by atoms with Gasteiger partial charge in [-0.1, -0.05) is 13.8 Å². The van der Waals surface area contributed by atoms with Crippen molar-refractivity contribution in [1.29, 1.82) is 0 Å². The normalized spacial score (nSPS) is 12.7. The van der Waals surface area contributed by atoms with Crippen LogP contribution in [0, 0.1) is 5.92 Å². The number of hydrogen-bond donors (Lipinski definition) is 0. The fourth-order valence-electron chi connectivity index (χ4n) is 2.17. The number of carbonyl (C=O) groups is 2. The fourth-order valence-corrected chi connectivity index (χ4v) is 4.74. The number of carbonyl (C=O) groups excluding carboxylic acids is 2. The summed E-state index contributed by atoms with van der Waals surface area (Å²) in [6.45, 7) is 5.39. The highest BCUT2D eigenvalue weighted by molar-refractivity contribution is 9.10. The summed E-state index contributed by atoms with van der Waals surface area (Å²) in [5.41, 5.74) is 0.249. The minimum absolute atomic E-state index is 0.00241. The summed E-state index contributed by atoms with van der Waals surface area (Å²) in [4.78, 5) is 23.3. The Morgan fingerprint density at radius 3 is 2.40 bits per heavy atom. The molecule has 0 radical (unpaired) electrons. The summed E-state index contributed by atoms with van der Waals surface area (Å²) in [6.07, 6.45) is 0. The van der Waals surface area contributed by atoms with Crippen LogP contribution in [0.5, 0.6) is 0 Å². The lowest BCUT2D eigenvalue weighted by Crippen LogP contribution is -2.37. The quantitative estimate of drug-likeness (QED) is 0.582. The lowest BCUT2D eigenvalue weighted by atomic mass is 10.2. The van der Waals surface area contributed by atoms with Gasteiger partial charge < -0.3 is 9.47 Å². The maximum absolute atomic E-state index is 12.9. The first kappa shape index (κ1) is 21.6. The van der Waals surface area contributed by atoms with Gasteiger partial charge in [0.2, 0.25) is 10.0 Å². The van der Waals surface area contributed by atoms with Gasteiger partial charge in [0, 0.05) is 17.6 Å². The van der Waals surface area contributed by atoms with E-state index in [1.807, 2.05) is 0 Å². The molecule has 0 spiro atoms. The Morgan fingerprint density at radius 1 is 1.28 bits per heavy atom. The van der Waals surface area contributed by atoms with E-state index >= 15 is 0 Å². The van der Waals surface area contributed by atoms with E-state index in [2.05, 4.69) is 20.7 Å². The van der Waals surface area contributed by atoms with Gasteiger partial charge in [-0.3, -0.25) is 4.79 Å². The number of sulfonamides is 1. The Balaban J connectivity index is 3.14. The molecule has 140 valence electrons. The van der Waals surface area contributed by atoms with Gasteiger partial charge in [0.15, 0.2) is 0 Å². The van der Waals surface area contributed by atoms with Crippen LogP contribution in [0.2, 0.25) is 0 Å². The highest BCUT2D eigenvalue weighted by atomic mass is 79.9. The Bertz CT molecular complexity index is 734. The third-order valence-electron chi connectivity index (χ3n) is 3.49. The number of benzene rings is 1. The van der Waals surface area contributed by atoms with Crippen LogP contribution in [0.3, 0.4) is 0 Å². The smallest absolute Gasteiger partial charge is 0.338 e. The van der Waals surface area contributed by atoms with Crippen LogP contribution in [-0.2, 0) is 24.3 Å². The van der Waals surface area contributed by atoms with Gasteiger partial charge in [0.05, 0.1) is 30.1 Å². The van der Waals surface area contributed by atoms with E-state index in [9.17, 15) is 18.0 Å². The summed E-state index contributed by atoms with van der Waals surface area (Å²) in [5.74, 6) is -1.61. The van der Waals surface area contributed by atoms with Crippen molar-refractivity contribution in [3.63, 3.8) is 0 Å². The zero-order chi connectivity index (χ0) is 19.2. The van der Waals surface area contributed by atoms with Crippen LogP contribution in [0.1, 0.15) is 31.1 Å². The second-order valence-corrected chi connectivity index (χ2v) is 8.01. The van der Waals surface area contributed by atoms with Crippen LogP contribution < -0.4 is 0 Å². The molecule has 1 unspecified atom stereocenters. The minimum atomic E-state index is -3.85. The lowest BCUT2D eigenvalue weighted by Gasteiger charge is -2.23. The average molecular weight is 436 g/mol. The first-order valence-corrected chi connectivity index (χ1v) is 9.96. The van der Waals surface area contributed by atoms with Crippen LogP contribution in [0.15, 0.2) is 27.6 Å². The highest BCUT2D eigenvalue weighted by Crippen LogP contribution is 2.27. The van der Waals surface area contributed by atoms with E-state index in [0.29, 0.717) is 0 Å². The van der Waals surface area contributed by atoms with E-state index in [-0.39, 0.29) is 34.6 Å². The van der Waals surface area contributed by atoms with Gasteiger partial charge in [0.25, 0.3) is 0 Å². The van der Waals surface area contributed by atoms with E-state index in [1.54, 1.807) is 20.8 Å². The molecule has 0 heterocycles. The second kappa shape index (κ2) is 9.30. The molecule has 0 fully saturated rings. The van der Waals surface area contributed by atoms with Crippen molar-refractivity contribution in [2.75, 3.05) is 26.8 Å². The van der Waals surface area contributed by atoms with Crippen LogP contribution in [0.25, 0.3) is 0 Å². The third-order valence-corrected chi connectivity index (χ3v) is 6.41. The molecule has 0 aliphatic rings. The van der Waals surface area contributed by atoms with E-state index in [1.165, 1.54) is 29.6 Å². The monoisotopic (exact) mass is 435 g/mol. The van der Waals surface area contributed by atoms with Crippen molar-refractivity contribution in [2.24, 2.45) is 5.92 Å². The van der Waals surface area contributed by atoms with Crippen molar-refractivity contribution in [3.05, 3.63) is 28.2 Å². The molecule has 0 aliphatic carbocycles. The molecular formula is C16H22BrNO6S. The molecule has 0 saturated carbocycles. The number of nitrogens with zero attached hydrogens (tertiary/aromatic N) is 1. The summed E-state index contributed by atoms with van der Waals surface area (Å²) in [7, 11) is -2.59. The third kappa shape index (κ3) is 5.26. The van der Waals surface area contributed by atoms with Gasteiger partial charge in [0.1, 0.15) is 0 Å². The molecule has 1 atom stereocenters. The number of halogens is 1. The van der Waals surface area contributed by atoms with Crippen LogP contribution in [-0.4, -0.2) is 51.5 Å². The molecule has 0 saturated heterocycles. The molecule has 9 heteroatoms. The Hall–Kier alpha value is -1.45. The topological polar surface area (TPSA) is 90.0 Å². The molecule has 1 aromatic carbocycles. The minimum Gasteiger partial charge on any atom is -0.469 e. The second-order valence-electron chi connectivity index (χ2n) is 5.25. The summed E-state index contributed by atoms with van der Waals surface area (Å²) in [6, 6.07) is 4.15. The lowest BCUT2D eigenvalue weighted by molar-refractivity contribution is -0.145. The van der Waals surface area contributed by atoms with Crippen molar-refractivity contribution in [3.8, 4) is 0 Å². The predicted molar refractivity (Wildman–Crippen MR) is 95.7 cm³/mol. The summed E-state index contributed by atoms with van der Waals surface area (Å²) in [5, 5.41) is 0. The Labute approximate surface area is 156 Å². The average Bonchev–Trinajstić information content (AvgIpc) is 2.58. The predicted octanol–water partition coefficient (Wildman–Crippen LogP) is 2.45. The first-order valence-electron chi connectivity index (χ1n) is 7.73. The number of ether oxygens (including phenoxy) is 2. The zero-order valence-corrected chi connectivity index (χ0v) is 17.0. The standard InChI is InChI=1S/C16H22BrNO6S/c1-5-18(10-11(3)15(19)23-4)25(21,22)14-8-7-12(9-13(14)17)16(20)24-6-2/h7-9,11H,5-6,10H2,1-4H3. The van der Waals surface area contributed by atoms with E-state index in [0.717, 1.165) is 0 Å². The van der Waals surface area contributed by atoms with Crippen molar-refractivity contribution < 1.29 is 27.5 Å². The molecule has 1 rings (SSSR count). The van der Waals surface area contributed by atoms with Crippen molar-refractivity contribution >= 4 is 37.9 Å². The maximum atomic E-state index is 12.9. The summed E-state index contributed by atoms with van der Waals surface area (Å²) >= 11 is 3.20. The van der Waals surface area contributed by atoms with Gasteiger partial charge in [-0.15, -0.1) is 0 Å². The van der Waals surface area contributed by atoms with Gasteiger partial charge in [-0.05, 0) is 41.1 Å². The fraction of sp³-hybridized carbons (Fsp3) is 0.500. The van der Waals surface area contributed by atoms with Gasteiger partial charge in [-0.2, -0.15) is 4.31 Å². The van der Waals surface area contributed by atoms with Crippen LogP contribution in [0.4, 0.5) is 0 Å². The maximum Gasteiger partial charge on any atom is 0.338 e. The SMILES string of the molecule is CCOC(=O)c1ccc(S(=O)(=O)N(CC)CC(C)C(=O)OC)c(Br)c1. The van der Waals surface area contributed by atoms with Crippen molar-refractivity contribution in [1.82, 2.24) is 4.31 Å². The van der Waals surface area contributed by atoms with Gasteiger partial charge >= 0.3 is 11.9 Å². The number of rotatable bonds is 8. The van der Waals surface area contributed by atoms with E-state index < -0.39 is 27.9 Å². The summed E-state index contributed by atoms with van der Waals surface area (Å²) < 4.78 is 36.7. The molecule has 0 aliphatic heterocycles. The molecule has 0 aromatic heterocycles. The number of esters is 2. The molecule has 25 heavy (non-hydrogen) atoms. The van der Waals surface area contributed by atoms with Crippen LogP contribution >= 0.6 is 15.9 Å². The molecule has 1 aromatic rings. The van der Waals surface area contributed by atoms with Gasteiger partial charge in [-0.25, -0.2) is 13.2 Å². The Kier molecular flexibility index (Phi) is 8.04. The largest absolute Gasteiger partial charge is 0.469 e. The van der Waals surface area contributed by atoms with Crippen molar-refractivity contribution in [2.45, 2.75) is 25.7 Å². The number of methoxy groups -OCH3 is 1. The Morgan fingerprint density at radius 2 is 1.92 bits per heavy atom. The molecule has 7 nitrogen and oxygen atoms in total. The highest BCUT2D eigenvalue weighted by Gasteiger charge is 2.29. The molecule has 0 bridgehead atoms. The molecule has 0 N–H and O–H groups in total. The number of hydrogen-bond acceptors (Lipinski definition) is 6. The zero-order valence-electron chi connectivity index (χ0n) is 14.6. The first-order chi connectivity index (χ1) is 11.7.